The Morgan fingerprint density at radius 3 is 2.54 bits per heavy atom. The maximum Gasteiger partial charge on any atom is 0.412 e. The number of nitrogens with zero attached hydrogens (tertiary/aromatic N) is 1. The monoisotopic (exact) mass is 329 g/mol. The highest BCUT2D eigenvalue weighted by molar-refractivity contribution is 5.95. The largest absolute Gasteiger partial charge is 0.444 e. The molecule has 0 aromatic heterocycles. The van der Waals surface area contributed by atoms with Crippen LogP contribution in [-0.2, 0) is 4.74 Å². The van der Waals surface area contributed by atoms with Crippen molar-refractivity contribution < 1.29 is 13.9 Å². The van der Waals surface area contributed by atoms with Crippen LogP contribution in [0.1, 0.15) is 26.3 Å². The summed E-state index contributed by atoms with van der Waals surface area (Å²) in [4.78, 5) is 11.9. The van der Waals surface area contributed by atoms with E-state index in [1.807, 2.05) is 30.3 Å². The average Bonchev–Trinajstić information content (AvgIpc) is 2.49. The Hall–Kier alpha value is -2.89. The van der Waals surface area contributed by atoms with Crippen LogP contribution in [-0.4, -0.2) is 17.9 Å². The molecule has 0 aliphatic carbocycles. The van der Waals surface area contributed by atoms with Gasteiger partial charge >= 0.3 is 6.09 Å². The Bertz CT molecular complexity index is 725. The Morgan fingerprint density at radius 1 is 1.17 bits per heavy atom. The number of amides is 1. The zero-order valence-corrected chi connectivity index (χ0v) is 13.8. The van der Waals surface area contributed by atoms with E-state index in [4.69, 9.17) is 4.74 Å². The molecule has 0 saturated heterocycles. The lowest BCUT2D eigenvalue weighted by molar-refractivity contribution is 0.0636. The smallest absolute Gasteiger partial charge is 0.412 e. The summed E-state index contributed by atoms with van der Waals surface area (Å²) in [6, 6.07) is 13.3. The molecular formula is C18H20FN3O2. The molecule has 2 rings (SSSR count). The zero-order chi connectivity index (χ0) is 17.6. The van der Waals surface area contributed by atoms with Gasteiger partial charge in [0.1, 0.15) is 11.4 Å². The predicted octanol–water partition coefficient (Wildman–Crippen LogP) is 4.62. The lowest BCUT2D eigenvalue weighted by atomic mass is 10.2. The molecular weight excluding hydrogens is 309 g/mol. The highest BCUT2D eigenvalue weighted by Crippen LogP contribution is 2.17. The highest BCUT2D eigenvalue weighted by Gasteiger charge is 2.17. The van der Waals surface area contributed by atoms with Gasteiger partial charge in [0.05, 0.1) is 17.6 Å². The van der Waals surface area contributed by atoms with Gasteiger partial charge in [-0.05, 0) is 51.1 Å². The number of halogens is 1. The second kappa shape index (κ2) is 7.59. The van der Waals surface area contributed by atoms with E-state index >= 15 is 0 Å². The van der Waals surface area contributed by atoms with Crippen LogP contribution in [0.2, 0.25) is 0 Å². The summed E-state index contributed by atoms with van der Waals surface area (Å²) in [7, 11) is 0. The fourth-order valence-corrected chi connectivity index (χ4v) is 1.86. The zero-order valence-electron chi connectivity index (χ0n) is 13.8. The van der Waals surface area contributed by atoms with Crippen molar-refractivity contribution in [1.82, 2.24) is 0 Å². The number of rotatable bonds is 4. The van der Waals surface area contributed by atoms with Crippen LogP contribution in [0.25, 0.3) is 0 Å². The van der Waals surface area contributed by atoms with Gasteiger partial charge in [0.15, 0.2) is 0 Å². The SMILES string of the molecule is CC(C)(C)OC(=O)Nc1ccc(F)cc1C=NNc1ccccc1. The van der Waals surface area contributed by atoms with Crippen molar-refractivity contribution in [2.45, 2.75) is 26.4 Å². The molecule has 1 amide bonds. The first-order valence-corrected chi connectivity index (χ1v) is 7.47. The molecule has 6 heteroatoms. The van der Waals surface area contributed by atoms with Crippen molar-refractivity contribution in [2.24, 2.45) is 5.10 Å². The highest BCUT2D eigenvalue weighted by atomic mass is 19.1. The summed E-state index contributed by atoms with van der Waals surface area (Å²) >= 11 is 0. The summed E-state index contributed by atoms with van der Waals surface area (Å²) in [5.41, 5.74) is 3.84. The minimum atomic E-state index is -0.618. The quantitative estimate of drug-likeness (QED) is 0.635. The lowest BCUT2D eigenvalue weighted by Crippen LogP contribution is -2.27. The first kappa shape index (κ1) is 17.5. The van der Waals surface area contributed by atoms with Crippen LogP contribution in [0.3, 0.4) is 0 Å². The van der Waals surface area contributed by atoms with Crippen LogP contribution in [0, 0.1) is 5.82 Å². The van der Waals surface area contributed by atoms with Crippen molar-refractivity contribution >= 4 is 23.7 Å². The molecule has 126 valence electrons. The van der Waals surface area contributed by atoms with Crippen LogP contribution < -0.4 is 10.7 Å². The Labute approximate surface area is 140 Å². The molecule has 24 heavy (non-hydrogen) atoms. The molecule has 2 aromatic carbocycles. The third-order valence-corrected chi connectivity index (χ3v) is 2.82. The van der Waals surface area contributed by atoms with E-state index in [9.17, 15) is 9.18 Å². The van der Waals surface area contributed by atoms with E-state index in [1.165, 1.54) is 24.4 Å². The second-order valence-corrected chi connectivity index (χ2v) is 6.09. The second-order valence-electron chi connectivity index (χ2n) is 6.09. The number of hydrogen-bond donors (Lipinski definition) is 2. The van der Waals surface area contributed by atoms with Gasteiger partial charge in [0, 0.05) is 5.56 Å². The molecule has 0 bridgehead atoms. The molecule has 0 fully saturated rings. The number of para-hydroxylation sites is 1. The minimum absolute atomic E-state index is 0.407. The maximum atomic E-state index is 13.5. The Kier molecular flexibility index (Phi) is 5.52. The number of benzene rings is 2. The summed E-state index contributed by atoms with van der Waals surface area (Å²) in [6.07, 6.45) is 0.822. The van der Waals surface area contributed by atoms with Crippen molar-refractivity contribution in [2.75, 3.05) is 10.7 Å². The average molecular weight is 329 g/mol. The van der Waals surface area contributed by atoms with Gasteiger partial charge < -0.3 is 4.74 Å². The molecule has 0 unspecified atom stereocenters. The molecule has 0 radical (unpaired) electrons. The molecule has 0 aliphatic rings. The maximum absolute atomic E-state index is 13.5. The van der Waals surface area contributed by atoms with Crippen LogP contribution >= 0.6 is 0 Å². The lowest BCUT2D eigenvalue weighted by Gasteiger charge is -2.20. The molecule has 0 heterocycles. The summed E-state index contributed by atoms with van der Waals surface area (Å²) in [6.45, 7) is 5.30. The molecule has 0 saturated carbocycles. The third kappa shape index (κ3) is 5.72. The van der Waals surface area contributed by atoms with Gasteiger partial charge in [-0.2, -0.15) is 5.10 Å². The number of hydrogen-bond acceptors (Lipinski definition) is 4. The van der Waals surface area contributed by atoms with E-state index in [1.54, 1.807) is 20.8 Å². The standard InChI is InChI=1S/C18H20FN3O2/c1-18(2,3)24-17(23)21-16-10-9-14(19)11-13(16)12-20-22-15-7-5-4-6-8-15/h4-12,22H,1-3H3,(H,21,23). The van der Waals surface area contributed by atoms with Gasteiger partial charge in [0.25, 0.3) is 0 Å². The van der Waals surface area contributed by atoms with Crippen molar-refractivity contribution in [3.05, 3.63) is 59.9 Å². The minimum Gasteiger partial charge on any atom is -0.444 e. The fourth-order valence-electron chi connectivity index (χ4n) is 1.86. The fraction of sp³-hybridized carbons (Fsp3) is 0.222. The van der Waals surface area contributed by atoms with E-state index in [-0.39, 0.29) is 0 Å². The Balaban J connectivity index is 2.11. The van der Waals surface area contributed by atoms with Gasteiger partial charge in [-0.25, -0.2) is 9.18 Å². The van der Waals surface area contributed by atoms with Crippen molar-refractivity contribution in [3.8, 4) is 0 Å². The predicted molar refractivity (Wildman–Crippen MR) is 93.9 cm³/mol. The van der Waals surface area contributed by atoms with E-state index in [0.29, 0.717) is 11.3 Å². The van der Waals surface area contributed by atoms with Gasteiger partial charge in [0.2, 0.25) is 0 Å². The molecule has 0 atom stereocenters. The third-order valence-electron chi connectivity index (χ3n) is 2.82. The number of nitrogens with one attached hydrogen (secondary N) is 2. The molecule has 2 aromatic rings. The van der Waals surface area contributed by atoms with Crippen LogP contribution in [0.4, 0.5) is 20.6 Å². The summed E-state index contributed by atoms with van der Waals surface area (Å²) in [5.74, 6) is -0.425. The molecule has 0 spiro atoms. The first-order chi connectivity index (χ1) is 11.3. The first-order valence-electron chi connectivity index (χ1n) is 7.47. The molecule has 2 N–H and O–H groups in total. The van der Waals surface area contributed by atoms with Crippen LogP contribution in [0.5, 0.6) is 0 Å². The number of carbonyl (C=O) groups is 1. The van der Waals surface area contributed by atoms with Crippen molar-refractivity contribution in [3.63, 3.8) is 0 Å². The van der Waals surface area contributed by atoms with E-state index in [2.05, 4.69) is 15.8 Å². The van der Waals surface area contributed by atoms with Gasteiger partial charge in [-0.1, -0.05) is 18.2 Å². The molecule has 5 nitrogen and oxygen atoms in total. The van der Waals surface area contributed by atoms with Gasteiger partial charge in [-0.15, -0.1) is 0 Å². The number of hydrazone groups is 1. The number of ether oxygens (including phenoxy) is 1. The normalized spacial score (nSPS) is 11.3. The summed E-state index contributed by atoms with van der Waals surface area (Å²) < 4.78 is 18.7. The number of carbonyl (C=O) groups excluding carboxylic acids is 1. The topological polar surface area (TPSA) is 62.7 Å². The van der Waals surface area contributed by atoms with E-state index < -0.39 is 17.5 Å². The Morgan fingerprint density at radius 2 is 1.88 bits per heavy atom. The van der Waals surface area contributed by atoms with Crippen LogP contribution in [0.15, 0.2) is 53.6 Å². The molecule has 0 aliphatic heterocycles. The van der Waals surface area contributed by atoms with E-state index in [0.717, 1.165) is 5.69 Å². The summed E-state index contributed by atoms with van der Waals surface area (Å²) in [5, 5.41) is 6.66. The van der Waals surface area contributed by atoms with Crippen molar-refractivity contribution in [1.29, 1.82) is 0 Å². The number of anilines is 2. The van der Waals surface area contributed by atoms with Gasteiger partial charge in [-0.3, -0.25) is 10.7 Å².